The lowest BCUT2D eigenvalue weighted by Gasteiger charge is -2.25. The highest BCUT2D eigenvalue weighted by molar-refractivity contribution is 7.99. The topological polar surface area (TPSA) is 86.1 Å². The summed E-state index contributed by atoms with van der Waals surface area (Å²) in [5.41, 5.74) is 1.02. The summed E-state index contributed by atoms with van der Waals surface area (Å²) in [4.78, 5) is 0. The van der Waals surface area contributed by atoms with Crippen LogP contribution in [0.3, 0.4) is 0 Å². The lowest BCUT2D eigenvalue weighted by molar-refractivity contribution is 0.339. The van der Waals surface area contributed by atoms with Crippen molar-refractivity contribution in [1.29, 1.82) is 0 Å². The summed E-state index contributed by atoms with van der Waals surface area (Å²) in [5.74, 6) is 2.50. The molecule has 1 N–H and O–H groups in total. The standard InChI is InChI=1S/C19H28N4O3S2/c1-20-28(24,25)14-6-13-27-19-22-21-18(15-9-11-17(26-2)12-10-15)23(19)16-7-4-3-5-8-16/h9-12,16,20H,3-8,13-14H2,1-2H3. The second-order valence-corrected chi connectivity index (χ2v) is 10.0. The van der Waals surface area contributed by atoms with E-state index in [4.69, 9.17) is 4.74 Å². The lowest BCUT2D eigenvalue weighted by Crippen LogP contribution is -2.22. The van der Waals surface area contributed by atoms with Crippen LogP contribution in [0.4, 0.5) is 0 Å². The van der Waals surface area contributed by atoms with Gasteiger partial charge in [0, 0.05) is 17.4 Å². The van der Waals surface area contributed by atoms with Crippen molar-refractivity contribution < 1.29 is 13.2 Å². The third kappa shape index (κ3) is 5.27. The molecule has 1 aromatic heterocycles. The molecule has 0 unspecified atom stereocenters. The van der Waals surface area contributed by atoms with Gasteiger partial charge in [-0.05, 0) is 50.6 Å². The number of nitrogens with zero attached hydrogens (tertiary/aromatic N) is 3. The highest BCUT2D eigenvalue weighted by Gasteiger charge is 2.24. The highest BCUT2D eigenvalue weighted by Crippen LogP contribution is 2.36. The molecule has 1 aliphatic carbocycles. The predicted octanol–water partition coefficient (Wildman–Crippen LogP) is 3.49. The molecule has 0 saturated heterocycles. The average molecular weight is 425 g/mol. The average Bonchev–Trinajstić information content (AvgIpc) is 3.16. The molecule has 0 bridgehead atoms. The summed E-state index contributed by atoms with van der Waals surface area (Å²) in [5, 5.41) is 9.80. The monoisotopic (exact) mass is 424 g/mol. The Bertz CT molecular complexity index is 860. The Kier molecular flexibility index (Phi) is 7.36. The van der Waals surface area contributed by atoms with Crippen molar-refractivity contribution in [1.82, 2.24) is 19.5 Å². The first-order chi connectivity index (χ1) is 13.5. The fraction of sp³-hybridized carbons (Fsp3) is 0.579. The number of ether oxygens (including phenoxy) is 1. The first-order valence-electron chi connectivity index (χ1n) is 9.67. The molecule has 28 heavy (non-hydrogen) atoms. The zero-order valence-electron chi connectivity index (χ0n) is 16.4. The molecule has 0 atom stereocenters. The van der Waals surface area contributed by atoms with Crippen LogP contribution in [-0.2, 0) is 10.0 Å². The van der Waals surface area contributed by atoms with Gasteiger partial charge in [-0.1, -0.05) is 31.0 Å². The van der Waals surface area contributed by atoms with Crippen LogP contribution in [0.1, 0.15) is 44.6 Å². The summed E-state index contributed by atoms with van der Waals surface area (Å²) in [6.45, 7) is 0. The van der Waals surface area contributed by atoms with Crippen LogP contribution >= 0.6 is 11.8 Å². The van der Waals surface area contributed by atoms with Gasteiger partial charge in [0.2, 0.25) is 10.0 Å². The quantitative estimate of drug-likeness (QED) is 0.490. The van der Waals surface area contributed by atoms with Gasteiger partial charge in [0.05, 0.1) is 12.9 Å². The number of rotatable bonds is 9. The third-order valence-electron chi connectivity index (χ3n) is 5.05. The zero-order valence-corrected chi connectivity index (χ0v) is 18.1. The molecule has 0 amide bonds. The zero-order chi connectivity index (χ0) is 20.0. The van der Waals surface area contributed by atoms with E-state index in [9.17, 15) is 8.42 Å². The Balaban J connectivity index is 1.80. The van der Waals surface area contributed by atoms with E-state index in [0.717, 1.165) is 35.1 Å². The molecule has 154 valence electrons. The van der Waals surface area contributed by atoms with Gasteiger partial charge in [-0.25, -0.2) is 13.1 Å². The Morgan fingerprint density at radius 1 is 1.18 bits per heavy atom. The van der Waals surface area contributed by atoms with Gasteiger partial charge in [-0.15, -0.1) is 10.2 Å². The number of benzene rings is 1. The molecule has 0 aliphatic heterocycles. The molecule has 1 aromatic carbocycles. The molecule has 2 aromatic rings. The van der Waals surface area contributed by atoms with Crippen molar-refractivity contribution in [3.63, 3.8) is 0 Å². The van der Waals surface area contributed by atoms with E-state index in [0.29, 0.717) is 18.2 Å². The van der Waals surface area contributed by atoms with Crippen molar-refractivity contribution in [3.8, 4) is 17.1 Å². The van der Waals surface area contributed by atoms with Crippen molar-refractivity contribution in [2.45, 2.75) is 49.7 Å². The minimum atomic E-state index is -3.17. The van der Waals surface area contributed by atoms with E-state index in [1.165, 1.54) is 26.3 Å². The SMILES string of the molecule is CNS(=O)(=O)CCCSc1nnc(-c2ccc(OC)cc2)n1C1CCCCC1. The maximum Gasteiger partial charge on any atom is 0.211 e. The van der Waals surface area contributed by atoms with Crippen LogP contribution in [0.5, 0.6) is 5.75 Å². The van der Waals surface area contributed by atoms with Gasteiger partial charge in [0.1, 0.15) is 5.75 Å². The fourth-order valence-corrected chi connectivity index (χ4v) is 5.35. The van der Waals surface area contributed by atoms with Crippen LogP contribution in [0.25, 0.3) is 11.4 Å². The van der Waals surface area contributed by atoms with Crippen LogP contribution in [0.2, 0.25) is 0 Å². The van der Waals surface area contributed by atoms with Gasteiger partial charge < -0.3 is 4.74 Å². The molecule has 0 spiro atoms. The van der Waals surface area contributed by atoms with Crippen LogP contribution < -0.4 is 9.46 Å². The van der Waals surface area contributed by atoms with E-state index in [-0.39, 0.29) is 5.75 Å². The summed E-state index contributed by atoms with van der Waals surface area (Å²) >= 11 is 1.59. The first kappa shape index (κ1) is 21.1. The van der Waals surface area contributed by atoms with Crippen molar-refractivity contribution in [2.24, 2.45) is 0 Å². The number of sulfonamides is 1. The molecule has 1 fully saturated rings. The number of hydrogen-bond acceptors (Lipinski definition) is 6. The second kappa shape index (κ2) is 9.76. The maximum atomic E-state index is 11.6. The molecule has 3 rings (SSSR count). The number of hydrogen-bond donors (Lipinski definition) is 1. The minimum Gasteiger partial charge on any atom is -0.497 e. The molecule has 1 aliphatic rings. The van der Waals surface area contributed by atoms with Crippen LogP contribution in [0, 0.1) is 0 Å². The van der Waals surface area contributed by atoms with Crippen molar-refractivity contribution in [3.05, 3.63) is 24.3 Å². The van der Waals surface area contributed by atoms with Gasteiger partial charge in [0.25, 0.3) is 0 Å². The largest absolute Gasteiger partial charge is 0.497 e. The van der Waals surface area contributed by atoms with E-state index >= 15 is 0 Å². The molecule has 9 heteroatoms. The maximum absolute atomic E-state index is 11.6. The van der Waals surface area contributed by atoms with E-state index in [2.05, 4.69) is 19.5 Å². The summed E-state index contributed by atoms with van der Waals surface area (Å²) in [7, 11) is -0.0639. The lowest BCUT2D eigenvalue weighted by atomic mass is 9.95. The molecule has 0 radical (unpaired) electrons. The predicted molar refractivity (Wildman–Crippen MR) is 112 cm³/mol. The van der Waals surface area contributed by atoms with Crippen LogP contribution in [0.15, 0.2) is 29.4 Å². The van der Waals surface area contributed by atoms with Gasteiger partial charge in [-0.3, -0.25) is 4.57 Å². The normalized spacial score (nSPS) is 15.6. The second-order valence-electron chi connectivity index (χ2n) is 6.92. The first-order valence-corrected chi connectivity index (χ1v) is 12.3. The number of aromatic nitrogens is 3. The van der Waals surface area contributed by atoms with Crippen molar-refractivity contribution in [2.75, 3.05) is 25.7 Å². The smallest absolute Gasteiger partial charge is 0.211 e. The number of thioether (sulfide) groups is 1. The Hall–Kier alpha value is -1.58. The van der Waals surface area contributed by atoms with E-state index < -0.39 is 10.0 Å². The molecular weight excluding hydrogens is 396 g/mol. The Labute approximate surface area is 171 Å². The van der Waals surface area contributed by atoms with E-state index in [1.807, 2.05) is 24.3 Å². The molecule has 1 heterocycles. The van der Waals surface area contributed by atoms with Crippen molar-refractivity contribution >= 4 is 21.8 Å². The van der Waals surface area contributed by atoms with Gasteiger partial charge >= 0.3 is 0 Å². The summed E-state index contributed by atoms with van der Waals surface area (Å²) in [6, 6.07) is 8.28. The highest BCUT2D eigenvalue weighted by atomic mass is 32.2. The minimum absolute atomic E-state index is 0.124. The molecule has 7 nitrogen and oxygen atoms in total. The van der Waals surface area contributed by atoms with Crippen LogP contribution in [-0.4, -0.2) is 48.8 Å². The fourth-order valence-electron chi connectivity index (χ4n) is 3.50. The molecule has 1 saturated carbocycles. The van der Waals surface area contributed by atoms with Gasteiger partial charge in [0.15, 0.2) is 11.0 Å². The summed E-state index contributed by atoms with van der Waals surface area (Å²) < 4.78 is 33.1. The summed E-state index contributed by atoms with van der Waals surface area (Å²) in [6.07, 6.45) is 6.54. The van der Waals surface area contributed by atoms with Gasteiger partial charge in [-0.2, -0.15) is 0 Å². The Morgan fingerprint density at radius 2 is 1.89 bits per heavy atom. The molecular formula is C19H28N4O3S2. The van der Waals surface area contributed by atoms with E-state index in [1.54, 1.807) is 18.9 Å². The Morgan fingerprint density at radius 3 is 2.54 bits per heavy atom. The number of methoxy groups -OCH3 is 1. The number of nitrogens with one attached hydrogen (secondary N) is 1. The third-order valence-corrected chi connectivity index (χ3v) is 7.53.